The molecule has 0 aromatic heterocycles. The highest BCUT2D eigenvalue weighted by atomic mass is 16.5. The van der Waals surface area contributed by atoms with Crippen LogP contribution < -0.4 is 19.5 Å². The molecule has 0 aliphatic rings. The number of hydrogen-bond acceptors (Lipinski definition) is 6. The summed E-state index contributed by atoms with van der Waals surface area (Å²) < 4.78 is 20.5. The molecule has 20 heavy (non-hydrogen) atoms. The minimum absolute atomic E-state index is 0.315. The number of rotatable bonds is 7. The topological polar surface area (TPSA) is 66.0 Å². The fourth-order valence-corrected chi connectivity index (χ4v) is 1.83. The molecule has 0 saturated heterocycles. The fourth-order valence-electron chi connectivity index (χ4n) is 1.83. The van der Waals surface area contributed by atoms with Crippen molar-refractivity contribution in [3.8, 4) is 17.2 Å². The normalized spacial score (nSPS) is 11.7. The Labute approximate surface area is 119 Å². The maximum absolute atomic E-state index is 11.4. The molecule has 1 aromatic rings. The van der Waals surface area contributed by atoms with Crippen molar-refractivity contribution in [3.63, 3.8) is 0 Å². The fraction of sp³-hybridized carbons (Fsp3) is 0.500. The van der Waals surface area contributed by atoms with Crippen LogP contribution in [-0.2, 0) is 16.1 Å². The van der Waals surface area contributed by atoms with Gasteiger partial charge >= 0.3 is 5.97 Å². The van der Waals surface area contributed by atoms with Crippen LogP contribution >= 0.6 is 0 Å². The van der Waals surface area contributed by atoms with Gasteiger partial charge in [0.1, 0.15) is 6.04 Å². The van der Waals surface area contributed by atoms with Crippen LogP contribution in [0.3, 0.4) is 0 Å². The molecule has 112 valence electrons. The van der Waals surface area contributed by atoms with Gasteiger partial charge in [0.05, 0.1) is 28.4 Å². The molecule has 1 N–H and O–H groups in total. The summed E-state index contributed by atoms with van der Waals surface area (Å²) >= 11 is 0. The first-order valence-corrected chi connectivity index (χ1v) is 6.18. The summed E-state index contributed by atoms with van der Waals surface area (Å²) in [5, 5.41) is 3.06. The second-order valence-corrected chi connectivity index (χ2v) is 4.12. The molecule has 1 rings (SSSR count). The Morgan fingerprint density at radius 2 is 1.75 bits per heavy atom. The summed E-state index contributed by atoms with van der Waals surface area (Å²) in [5.41, 5.74) is 0.862. The predicted octanol–water partition coefficient (Wildman–Crippen LogP) is 1.36. The largest absolute Gasteiger partial charge is 0.493 e. The van der Waals surface area contributed by atoms with Gasteiger partial charge in [-0.2, -0.15) is 0 Å². The molecule has 0 spiro atoms. The van der Waals surface area contributed by atoms with Gasteiger partial charge in [0.15, 0.2) is 11.5 Å². The Bertz CT molecular complexity index is 461. The molecule has 0 aliphatic heterocycles. The first-order chi connectivity index (χ1) is 9.58. The van der Waals surface area contributed by atoms with Crippen LogP contribution in [0.1, 0.15) is 12.5 Å². The summed E-state index contributed by atoms with van der Waals surface area (Å²) in [6, 6.07) is 3.25. The van der Waals surface area contributed by atoms with Gasteiger partial charge in [0.2, 0.25) is 5.75 Å². The van der Waals surface area contributed by atoms with Gasteiger partial charge in [-0.15, -0.1) is 0 Å². The third kappa shape index (κ3) is 3.54. The number of nitrogens with one attached hydrogen (secondary N) is 1. The third-order valence-electron chi connectivity index (χ3n) is 2.94. The first kappa shape index (κ1) is 16.1. The SMILES string of the molecule is COC(=O)C(C)NCc1ccc(OC)c(OC)c1OC. The van der Waals surface area contributed by atoms with Crippen molar-refractivity contribution >= 4 is 5.97 Å². The lowest BCUT2D eigenvalue weighted by Crippen LogP contribution is -2.34. The van der Waals surface area contributed by atoms with Crippen LogP contribution in [0.4, 0.5) is 0 Å². The Hall–Kier alpha value is -1.95. The molecule has 1 atom stereocenters. The van der Waals surface area contributed by atoms with E-state index < -0.39 is 6.04 Å². The molecule has 6 heteroatoms. The van der Waals surface area contributed by atoms with Crippen molar-refractivity contribution in [1.29, 1.82) is 0 Å². The van der Waals surface area contributed by atoms with Gasteiger partial charge in [0.25, 0.3) is 0 Å². The second kappa shape index (κ2) is 7.59. The predicted molar refractivity (Wildman–Crippen MR) is 74.4 cm³/mol. The van der Waals surface area contributed by atoms with E-state index in [9.17, 15) is 4.79 Å². The molecule has 0 amide bonds. The highest BCUT2D eigenvalue weighted by molar-refractivity contribution is 5.75. The number of carbonyl (C=O) groups excluding carboxylic acids is 1. The molecule has 0 radical (unpaired) electrons. The maximum Gasteiger partial charge on any atom is 0.322 e. The van der Waals surface area contributed by atoms with Crippen molar-refractivity contribution in [2.75, 3.05) is 28.4 Å². The molecule has 1 unspecified atom stereocenters. The zero-order valence-electron chi connectivity index (χ0n) is 12.5. The monoisotopic (exact) mass is 283 g/mol. The van der Waals surface area contributed by atoms with E-state index in [1.807, 2.05) is 6.07 Å². The van der Waals surface area contributed by atoms with E-state index in [-0.39, 0.29) is 5.97 Å². The summed E-state index contributed by atoms with van der Waals surface area (Å²) in [6.07, 6.45) is 0. The highest BCUT2D eigenvalue weighted by Crippen LogP contribution is 2.39. The number of ether oxygens (including phenoxy) is 4. The number of benzene rings is 1. The van der Waals surface area contributed by atoms with Crippen molar-refractivity contribution in [3.05, 3.63) is 17.7 Å². The van der Waals surface area contributed by atoms with Crippen molar-refractivity contribution < 1.29 is 23.7 Å². The van der Waals surface area contributed by atoms with E-state index in [0.29, 0.717) is 23.8 Å². The molecular weight excluding hydrogens is 262 g/mol. The molecule has 1 aromatic carbocycles. The summed E-state index contributed by atoms with van der Waals surface area (Å²) in [4.78, 5) is 11.4. The smallest absolute Gasteiger partial charge is 0.322 e. The lowest BCUT2D eigenvalue weighted by molar-refractivity contribution is -0.142. The minimum Gasteiger partial charge on any atom is -0.493 e. The second-order valence-electron chi connectivity index (χ2n) is 4.12. The lowest BCUT2D eigenvalue weighted by Gasteiger charge is -2.17. The third-order valence-corrected chi connectivity index (χ3v) is 2.94. The van der Waals surface area contributed by atoms with Gasteiger partial charge in [-0.1, -0.05) is 6.07 Å². The molecular formula is C14H21NO5. The molecule has 0 saturated carbocycles. The van der Waals surface area contributed by atoms with Gasteiger partial charge < -0.3 is 24.3 Å². The Morgan fingerprint density at radius 1 is 1.10 bits per heavy atom. The zero-order chi connectivity index (χ0) is 15.1. The van der Waals surface area contributed by atoms with Crippen LogP contribution in [0.25, 0.3) is 0 Å². The summed E-state index contributed by atoms with van der Waals surface area (Å²) in [6.45, 7) is 2.18. The average molecular weight is 283 g/mol. The van der Waals surface area contributed by atoms with Crippen LogP contribution in [0.15, 0.2) is 12.1 Å². The number of esters is 1. The van der Waals surface area contributed by atoms with Crippen LogP contribution in [0.2, 0.25) is 0 Å². The quantitative estimate of drug-likeness (QED) is 0.762. The molecule has 0 aliphatic carbocycles. The van der Waals surface area contributed by atoms with Crippen molar-refractivity contribution in [2.24, 2.45) is 0 Å². The van der Waals surface area contributed by atoms with Crippen LogP contribution in [0, 0.1) is 0 Å². The van der Waals surface area contributed by atoms with Gasteiger partial charge in [-0.25, -0.2) is 0 Å². The first-order valence-electron chi connectivity index (χ1n) is 6.18. The number of methoxy groups -OCH3 is 4. The molecule has 0 fully saturated rings. The van der Waals surface area contributed by atoms with E-state index in [1.54, 1.807) is 34.3 Å². The van der Waals surface area contributed by atoms with E-state index >= 15 is 0 Å². The Morgan fingerprint density at radius 3 is 2.25 bits per heavy atom. The van der Waals surface area contributed by atoms with Crippen LogP contribution in [0.5, 0.6) is 17.2 Å². The summed E-state index contributed by atoms with van der Waals surface area (Å²) in [5.74, 6) is 1.38. The average Bonchev–Trinajstić information content (AvgIpc) is 2.50. The van der Waals surface area contributed by atoms with Gasteiger partial charge in [0, 0.05) is 12.1 Å². The van der Waals surface area contributed by atoms with Gasteiger partial charge in [-0.05, 0) is 13.0 Å². The lowest BCUT2D eigenvalue weighted by atomic mass is 10.1. The standard InChI is InChI=1S/C14H21NO5/c1-9(14(16)20-5)15-8-10-6-7-11(17-2)13(19-4)12(10)18-3/h6-7,9,15H,8H2,1-5H3. The van der Waals surface area contributed by atoms with E-state index in [2.05, 4.69) is 10.1 Å². The Balaban J connectivity index is 2.93. The van der Waals surface area contributed by atoms with Gasteiger partial charge in [-0.3, -0.25) is 4.79 Å². The highest BCUT2D eigenvalue weighted by Gasteiger charge is 2.17. The maximum atomic E-state index is 11.4. The Kier molecular flexibility index (Phi) is 6.11. The zero-order valence-corrected chi connectivity index (χ0v) is 12.5. The van der Waals surface area contributed by atoms with E-state index in [4.69, 9.17) is 14.2 Å². The van der Waals surface area contributed by atoms with Crippen molar-refractivity contribution in [2.45, 2.75) is 19.5 Å². The van der Waals surface area contributed by atoms with E-state index in [0.717, 1.165) is 5.56 Å². The number of carbonyl (C=O) groups is 1. The van der Waals surface area contributed by atoms with Crippen molar-refractivity contribution in [1.82, 2.24) is 5.32 Å². The van der Waals surface area contributed by atoms with E-state index in [1.165, 1.54) is 7.11 Å². The molecule has 6 nitrogen and oxygen atoms in total. The molecule has 0 bridgehead atoms. The van der Waals surface area contributed by atoms with Crippen LogP contribution in [-0.4, -0.2) is 40.5 Å². The number of hydrogen-bond donors (Lipinski definition) is 1. The molecule has 0 heterocycles. The minimum atomic E-state index is -0.405. The summed E-state index contributed by atoms with van der Waals surface area (Å²) in [7, 11) is 6.03.